The number of hydrazine groups is 1. The van der Waals surface area contributed by atoms with Crippen LogP contribution >= 0.6 is 0 Å². The number of carbonyl (C=O) groups excluding carboxylic acids is 1. The maximum atomic E-state index is 9.60. The lowest BCUT2D eigenvalue weighted by atomic mass is 10.2. The number of hydrogen-bond donors (Lipinski definition) is 2. The average Bonchev–Trinajstić information content (AvgIpc) is 1.84. The molecule has 80 valence electrons. The van der Waals surface area contributed by atoms with Crippen LogP contribution in [0.4, 0.5) is 0 Å². The first kappa shape index (κ1) is 14.9. The fourth-order valence-corrected chi connectivity index (χ4v) is 0.380. The second-order valence-corrected chi connectivity index (χ2v) is 4.13. The van der Waals surface area contributed by atoms with E-state index in [-0.39, 0.29) is 5.60 Å². The Bertz CT molecular complexity index is 119. The molecule has 0 aliphatic carbocycles. The van der Waals surface area contributed by atoms with Gasteiger partial charge in [0.25, 0.3) is 6.47 Å². The van der Waals surface area contributed by atoms with Crippen LogP contribution in [0.2, 0.25) is 0 Å². The maximum absolute atomic E-state index is 9.60. The van der Waals surface area contributed by atoms with E-state index < -0.39 is 0 Å². The van der Waals surface area contributed by atoms with Crippen molar-refractivity contribution in [3.8, 4) is 0 Å². The van der Waals surface area contributed by atoms with Crippen molar-refractivity contribution in [1.29, 1.82) is 0 Å². The number of ether oxygens (including phenoxy) is 1. The Hall–Kier alpha value is -0.610. The van der Waals surface area contributed by atoms with Crippen molar-refractivity contribution < 1.29 is 9.53 Å². The molecule has 0 saturated carbocycles. The zero-order valence-corrected chi connectivity index (χ0v) is 9.26. The SMILES string of the molecule is CC(C)(C)OC=O.CC(C)CNN. The van der Waals surface area contributed by atoms with E-state index in [2.05, 4.69) is 24.0 Å². The number of hydrogen-bond acceptors (Lipinski definition) is 4. The van der Waals surface area contributed by atoms with E-state index in [0.717, 1.165) is 6.54 Å². The zero-order chi connectivity index (χ0) is 10.9. The number of nitrogens with one attached hydrogen (secondary N) is 1. The van der Waals surface area contributed by atoms with Crippen LogP contribution in [0, 0.1) is 5.92 Å². The topological polar surface area (TPSA) is 64.3 Å². The summed E-state index contributed by atoms with van der Waals surface area (Å²) in [6, 6.07) is 0. The number of nitrogens with two attached hydrogens (primary N) is 1. The molecule has 0 rings (SSSR count). The van der Waals surface area contributed by atoms with Gasteiger partial charge in [0.15, 0.2) is 0 Å². The predicted octanol–water partition coefficient (Wildman–Crippen LogP) is 1.06. The Morgan fingerprint density at radius 2 is 1.92 bits per heavy atom. The molecule has 0 atom stereocenters. The molecule has 13 heavy (non-hydrogen) atoms. The first-order valence-electron chi connectivity index (χ1n) is 4.38. The van der Waals surface area contributed by atoms with Gasteiger partial charge in [-0.15, -0.1) is 0 Å². The zero-order valence-electron chi connectivity index (χ0n) is 9.26. The molecular weight excluding hydrogens is 168 g/mol. The smallest absolute Gasteiger partial charge is 0.293 e. The van der Waals surface area contributed by atoms with Crippen molar-refractivity contribution in [3.63, 3.8) is 0 Å². The van der Waals surface area contributed by atoms with Gasteiger partial charge >= 0.3 is 0 Å². The molecule has 0 spiro atoms. The molecule has 4 heteroatoms. The van der Waals surface area contributed by atoms with Crippen LogP contribution in [-0.4, -0.2) is 18.6 Å². The Morgan fingerprint density at radius 1 is 1.46 bits per heavy atom. The molecule has 0 fully saturated rings. The molecule has 3 N–H and O–H groups in total. The minimum Gasteiger partial charge on any atom is -0.462 e. The van der Waals surface area contributed by atoms with Gasteiger partial charge in [0.05, 0.1) is 0 Å². The van der Waals surface area contributed by atoms with E-state index in [9.17, 15) is 4.79 Å². The van der Waals surface area contributed by atoms with Crippen LogP contribution in [0.3, 0.4) is 0 Å². The normalized spacial score (nSPS) is 10.4. The third-order valence-corrected chi connectivity index (χ3v) is 0.928. The van der Waals surface area contributed by atoms with Crippen molar-refractivity contribution in [1.82, 2.24) is 5.43 Å². The van der Waals surface area contributed by atoms with Crippen molar-refractivity contribution >= 4 is 6.47 Å². The Labute approximate surface area is 80.8 Å². The van der Waals surface area contributed by atoms with Crippen LogP contribution in [0.15, 0.2) is 0 Å². The fraction of sp³-hybridized carbons (Fsp3) is 0.889. The van der Waals surface area contributed by atoms with Gasteiger partial charge in [-0.05, 0) is 26.7 Å². The Morgan fingerprint density at radius 3 is 1.92 bits per heavy atom. The van der Waals surface area contributed by atoms with E-state index in [4.69, 9.17) is 5.84 Å². The van der Waals surface area contributed by atoms with E-state index in [1.807, 2.05) is 20.8 Å². The monoisotopic (exact) mass is 190 g/mol. The summed E-state index contributed by atoms with van der Waals surface area (Å²) < 4.78 is 4.55. The van der Waals surface area contributed by atoms with Gasteiger partial charge in [-0.3, -0.25) is 16.1 Å². The van der Waals surface area contributed by atoms with Crippen LogP contribution in [0.25, 0.3) is 0 Å². The molecule has 0 aromatic carbocycles. The number of carbonyl (C=O) groups is 1. The standard InChI is InChI=1S/C5H10O2.C4H12N2/c1-5(2,3)7-4-6;1-4(2)3-6-5/h4H,1-3H3;4,6H,3,5H2,1-2H3. The van der Waals surface area contributed by atoms with E-state index >= 15 is 0 Å². The van der Waals surface area contributed by atoms with Crippen LogP contribution < -0.4 is 11.3 Å². The van der Waals surface area contributed by atoms with Crippen LogP contribution in [0.1, 0.15) is 34.6 Å². The third kappa shape index (κ3) is 24.6. The van der Waals surface area contributed by atoms with Crippen molar-refractivity contribution in [2.75, 3.05) is 6.54 Å². The highest BCUT2D eigenvalue weighted by atomic mass is 16.5. The summed E-state index contributed by atoms with van der Waals surface area (Å²) in [6.07, 6.45) is 0. The van der Waals surface area contributed by atoms with E-state index in [1.165, 1.54) is 0 Å². The van der Waals surface area contributed by atoms with Gasteiger partial charge in [-0.25, -0.2) is 0 Å². The molecule has 0 aliphatic heterocycles. The quantitative estimate of drug-likeness (QED) is 0.397. The highest BCUT2D eigenvalue weighted by Crippen LogP contribution is 2.02. The molecule has 0 amide bonds. The van der Waals surface area contributed by atoms with Crippen molar-refractivity contribution in [3.05, 3.63) is 0 Å². The molecular formula is C9H22N2O2. The molecule has 0 radical (unpaired) electrons. The largest absolute Gasteiger partial charge is 0.462 e. The van der Waals surface area contributed by atoms with Gasteiger partial charge in [0.2, 0.25) is 0 Å². The van der Waals surface area contributed by atoms with Gasteiger partial charge in [-0.1, -0.05) is 13.8 Å². The van der Waals surface area contributed by atoms with Crippen LogP contribution in [0.5, 0.6) is 0 Å². The summed E-state index contributed by atoms with van der Waals surface area (Å²) >= 11 is 0. The van der Waals surface area contributed by atoms with Crippen LogP contribution in [-0.2, 0) is 9.53 Å². The maximum Gasteiger partial charge on any atom is 0.293 e. The summed E-state index contributed by atoms with van der Waals surface area (Å²) in [7, 11) is 0. The highest BCUT2D eigenvalue weighted by molar-refractivity contribution is 5.37. The molecule has 0 aromatic rings. The lowest BCUT2D eigenvalue weighted by Gasteiger charge is -2.14. The fourth-order valence-electron chi connectivity index (χ4n) is 0.380. The van der Waals surface area contributed by atoms with Crippen molar-refractivity contribution in [2.45, 2.75) is 40.2 Å². The Kier molecular flexibility index (Phi) is 9.17. The highest BCUT2D eigenvalue weighted by Gasteiger charge is 2.07. The Balaban J connectivity index is 0. The first-order chi connectivity index (χ1) is 5.83. The summed E-state index contributed by atoms with van der Waals surface area (Å²) in [4.78, 5) is 9.60. The lowest BCUT2D eigenvalue weighted by molar-refractivity contribution is -0.138. The molecule has 0 unspecified atom stereocenters. The lowest BCUT2D eigenvalue weighted by Crippen LogP contribution is -2.26. The minimum absolute atomic E-state index is 0.318. The van der Waals surface area contributed by atoms with E-state index in [1.54, 1.807) is 0 Å². The second kappa shape index (κ2) is 8.01. The summed E-state index contributed by atoms with van der Waals surface area (Å²) in [5.74, 6) is 5.64. The summed E-state index contributed by atoms with van der Waals surface area (Å²) in [5, 5.41) is 0. The molecule has 0 bridgehead atoms. The number of rotatable bonds is 3. The van der Waals surface area contributed by atoms with Gasteiger partial charge < -0.3 is 4.74 Å². The van der Waals surface area contributed by atoms with Gasteiger partial charge in [-0.2, -0.15) is 0 Å². The van der Waals surface area contributed by atoms with E-state index in [0.29, 0.717) is 12.4 Å². The predicted molar refractivity (Wildman–Crippen MR) is 53.9 cm³/mol. The van der Waals surface area contributed by atoms with Gasteiger partial charge in [0.1, 0.15) is 5.60 Å². The molecule has 0 saturated heterocycles. The molecule has 0 heterocycles. The molecule has 0 aliphatic rings. The molecule has 4 nitrogen and oxygen atoms in total. The minimum atomic E-state index is -0.318. The second-order valence-electron chi connectivity index (χ2n) is 4.13. The van der Waals surface area contributed by atoms with Gasteiger partial charge in [0, 0.05) is 6.54 Å². The molecule has 0 aromatic heterocycles. The first-order valence-corrected chi connectivity index (χ1v) is 4.38. The van der Waals surface area contributed by atoms with Crippen molar-refractivity contribution in [2.24, 2.45) is 11.8 Å². The summed E-state index contributed by atoms with van der Waals surface area (Å²) in [5.41, 5.74) is 2.25. The average molecular weight is 190 g/mol. The third-order valence-electron chi connectivity index (χ3n) is 0.928. The summed E-state index contributed by atoms with van der Waals surface area (Å²) in [6.45, 7) is 11.0.